The monoisotopic (exact) mass is 363 g/mol. The molecule has 0 N–H and O–H groups in total. The average Bonchev–Trinajstić information content (AvgIpc) is 2.63. The van der Waals surface area contributed by atoms with Crippen molar-refractivity contribution in [1.29, 1.82) is 0 Å². The molecule has 0 fully saturated rings. The molecule has 2 aromatic carbocycles. The van der Waals surface area contributed by atoms with Gasteiger partial charge in [-0.25, -0.2) is 9.18 Å². The molecule has 0 atom stereocenters. The number of ether oxygens (including phenoxy) is 2. The number of nitrogens with zero attached hydrogens (tertiary/aromatic N) is 1. The van der Waals surface area contributed by atoms with Crippen molar-refractivity contribution < 1.29 is 18.7 Å². The van der Waals surface area contributed by atoms with E-state index in [0.717, 1.165) is 12.0 Å². The van der Waals surface area contributed by atoms with Gasteiger partial charge in [0.15, 0.2) is 5.82 Å². The molecule has 1 aliphatic rings. The Bertz CT molecular complexity index is 809. The number of carbonyl (C=O) groups is 1. The Labute approximate surface area is 151 Å². The van der Waals surface area contributed by atoms with Gasteiger partial charge in [0.25, 0.3) is 0 Å². The van der Waals surface area contributed by atoms with Crippen LogP contribution in [0.3, 0.4) is 0 Å². The molecule has 1 heterocycles. The summed E-state index contributed by atoms with van der Waals surface area (Å²) < 4.78 is 24.9. The lowest BCUT2D eigenvalue weighted by molar-refractivity contribution is 0.0595. The summed E-state index contributed by atoms with van der Waals surface area (Å²) in [5.41, 5.74) is 2.55. The first-order valence-electron chi connectivity index (χ1n) is 8.11. The molecule has 0 radical (unpaired) electrons. The van der Waals surface area contributed by atoms with Crippen LogP contribution in [0, 0.1) is 5.82 Å². The minimum Gasteiger partial charge on any atom is -0.489 e. The minimum absolute atomic E-state index is 0.157. The van der Waals surface area contributed by atoms with E-state index in [1.165, 1.54) is 18.7 Å². The Balaban J connectivity index is 2.09. The van der Waals surface area contributed by atoms with Gasteiger partial charge in [0, 0.05) is 12.6 Å². The van der Waals surface area contributed by atoms with Crippen molar-refractivity contribution in [2.24, 2.45) is 0 Å². The number of esters is 1. The predicted octanol–water partition coefficient (Wildman–Crippen LogP) is 4.23. The second kappa shape index (κ2) is 7.31. The molecule has 0 saturated heterocycles. The lowest BCUT2D eigenvalue weighted by Gasteiger charge is -2.33. The highest BCUT2D eigenvalue weighted by atomic mass is 35.5. The summed E-state index contributed by atoms with van der Waals surface area (Å²) in [5, 5.41) is -0.157. The van der Waals surface area contributed by atoms with Crippen LogP contribution in [0.2, 0.25) is 5.02 Å². The molecule has 6 heteroatoms. The number of methoxy groups -OCH3 is 1. The van der Waals surface area contributed by atoms with Crippen LogP contribution in [0.5, 0.6) is 5.75 Å². The molecular weight excluding hydrogens is 345 g/mol. The molecule has 0 amide bonds. The van der Waals surface area contributed by atoms with Gasteiger partial charge >= 0.3 is 5.97 Å². The summed E-state index contributed by atoms with van der Waals surface area (Å²) in [6, 6.07) is 9.49. The van der Waals surface area contributed by atoms with Crippen LogP contribution in [0.1, 0.15) is 28.4 Å². The van der Waals surface area contributed by atoms with Crippen molar-refractivity contribution in [3.63, 3.8) is 0 Å². The Morgan fingerprint density at radius 3 is 2.76 bits per heavy atom. The fourth-order valence-electron chi connectivity index (χ4n) is 3.10. The van der Waals surface area contributed by atoms with E-state index < -0.39 is 11.8 Å². The lowest BCUT2D eigenvalue weighted by Crippen LogP contribution is -2.34. The predicted molar refractivity (Wildman–Crippen MR) is 95.1 cm³/mol. The molecule has 0 spiro atoms. The highest BCUT2D eigenvalue weighted by Gasteiger charge is 2.31. The second-order valence-electron chi connectivity index (χ2n) is 5.78. The first kappa shape index (κ1) is 17.5. The van der Waals surface area contributed by atoms with Crippen LogP contribution in [0.25, 0.3) is 0 Å². The van der Waals surface area contributed by atoms with Crippen molar-refractivity contribution >= 4 is 23.3 Å². The molecule has 0 aliphatic carbocycles. The topological polar surface area (TPSA) is 38.8 Å². The van der Waals surface area contributed by atoms with Crippen molar-refractivity contribution in [2.75, 3.05) is 25.2 Å². The Hall–Kier alpha value is -2.27. The van der Waals surface area contributed by atoms with Crippen molar-refractivity contribution in [1.82, 2.24) is 0 Å². The Morgan fingerprint density at radius 1 is 1.36 bits per heavy atom. The molecule has 0 bridgehead atoms. The zero-order valence-corrected chi connectivity index (χ0v) is 14.9. The molecule has 4 nitrogen and oxygen atoms in total. The third-order valence-electron chi connectivity index (χ3n) is 4.34. The molecule has 1 aliphatic heterocycles. The number of rotatable bonds is 4. The van der Waals surface area contributed by atoms with Crippen LogP contribution in [-0.4, -0.2) is 26.2 Å². The Kier molecular flexibility index (Phi) is 5.13. The molecular formula is C19H19ClFNO3. The second-order valence-corrected chi connectivity index (χ2v) is 6.19. The molecule has 2 aromatic rings. The van der Waals surface area contributed by atoms with E-state index in [2.05, 4.69) is 13.0 Å². The van der Waals surface area contributed by atoms with E-state index in [0.29, 0.717) is 31.1 Å². The van der Waals surface area contributed by atoms with E-state index in [9.17, 15) is 9.18 Å². The number of hydrogen-bond acceptors (Lipinski definition) is 4. The van der Waals surface area contributed by atoms with Gasteiger partial charge in [0.1, 0.15) is 17.9 Å². The smallest absolute Gasteiger partial charge is 0.343 e. The fraction of sp³-hybridized carbons (Fsp3) is 0.316. The largest absolute Gasteiger partial charge is 0.489 e. The standard InChI is InChI=1S/C19H19ClFNO3/c1-3-12-6-4-5-7-13(12)11-22-8-9-25-15-10-14(20)17(21)16(18(15)22)19(23)24-2/h4-7,10H,3,8-9,11H2,1-2H3. The normalized spacial score (nSPS) is 13.2. The maximum Gasteiger partial charge on any atom is 0.343 e. The Morgan fingerprint density at radius 2 is 2.08 bits per heavy atom. The van der Waals surface area contributed by atoms with E-state index in [1.807, 2.05) is 23.1 Å². The molecule has 132 valence electrons. The zero-order valence-electron chi connectivity index (χ0n) is 14.1. The maximum atomic E-state index is 14.6. The lowest BCUT2D eigenvalue weighted by atomic mass is 10.0. The maximum absolute atomic E-state index is 14.6. The van der Waals surface area contributed by atoms with Crippen LogP contribution in [0.4, 0.5) is 10.1 Å². The summed E-state index contributed by atoms with van der Waals surface area (Å²) >= 11 is 5.93. The number of fused-ring (bicyclic) bond motifs is 1. The quantitative estimate of drug-likeness (QED) is 0.762. The van der Waals surface area contributed by atoms with Crippen molar-refractivity contribution in [3.8, 4) is 5.75 Å². The average molecular weight is 364 g/mol. The third-order valence-corrected chi connectivity index (χ3v) is 4.62. The summed E-state index contributed by atoms with van der Waals surface area (Å²) in [5.74, 6) is -1.16. The van der Waals surface area contributed by atoms with Crippen molar-refractivity contribution in [3.05, 3.63) is 57.9 Å². The highest BCUT2D eigenvalue weighted by Crippen LogP contribution is 2.41. The van der Waals surface area contributed by atoms with Crippen LogP contribution in [-0.2, 0) is 17.7 Å². The van der Waals surface area contributed by atoms with Gasteiger partial charge in [-0.3, -0.25) is 0 Å². The van der Waals surface area contributed by atoms with Gasteiger partial charge in [-0.05, 0) is 17.5 Å². The third kappa shape index (κ3) is 3.29. The van der Waals surface area contributed by atoms with E-state index in [4.69, 9.17) is 21.1 Å². The number of aryl methyl sites for hydroxylation is 1. The SMILES string of the molecule is CCc1ccccc1CN1CCOc2cc(Cl)c(F)c(C(=O)OC)c21. The molecule has 0 saturated carbocycles. The number of halogens is 2. The van der Waals surface area contributed by atoms with Crippen LogP contribution in [0.15, 0.2) is 30.3 Å². The zero-order chi connectivity index (χ0) is 18.0. The summed E-state index contributed by atoms with van der Waals surface area (Å²) in [6.07, 6.45) is 0.895. The summed E-state index contributed by atoms with van der Waals surface area (Å²) in [7, 11) is 1.22. The van der Waals surface area contributed by atoms with Gasteiger partial charge in [-0.1, -0.05) is 42.8 Å². The molecule has 3 rings (SSSR count). The molecule has 25 heavy (non-hydrogen) atoms. The van der Waals surface area contributed by atoms with Gasteiger partial charge < -0.3 is 14.4 Å². The van der Waals surface area contributed by atoms with Gasteiger partial charge in [-0.2, -0.15) is 0 Å². The first-order valence-corrected chi connectivity index (χ1v) is 8.49. The van der Waals surface area contributed by atoms with Gasteiger partial charge in [0.05, 0.1) is 24.4 Å². The number of anilines is 1. The van der Waals surface area contributed by atoms with Gasteiger partial charge in [0.2, 0.25) is 0 Å². The van der Waals surface area contributed by atoms with Crippen molar-refractivity contribution in [2.45, 2.75) is 19.9 Å². The highest BCUT2D eigenvalue weighted by molar-refractivity contribution is 6.31. The minimum atomic E-state index is -0.786. The summed E-state index contributed by atoms with van der Waals surface area (Å²) in [6.45, 7) is 3.61. The summed E-state index contributed by atoms with van der Waals surface area (Å²) in [4.78, 5) is 14.1. The van der Waals surface area contributed by atoms with Crippen LogP contribution >= 0.6 is 11.6 Å². The van der Waals surface area contributed by atoms with E-state index in [-0.39, 0.29) is 10.6 Å². The number of benzene rings is 2. The number of hydrogen-bond donors (Lipinski definition) is 0. The first-order chi connectivity index (χ1) is 12.1. The molecule has 0 aromatic heterocycles. The van der Waals surface area contributed by atoms with Crippen LogP contribution < -0.4 is 9.64 Å². The molecule has 0 unspecified atom stereocenters. The van der Waals surface area contributed by atoms with Gasteiger partial charge in [-0.15, -0.1) is 0 Å². The van der Waals surface area contributed by atoms with E-state index in [1.54, 1.807) is 0 Å². The fourth-order valence-corrected chi connectivity index (χ4v) is 3.30. The van der Waals surface area contributed by atoms with E-state index >= 15 is 0 Å². The number of carbonyl (C=O) groups excluding carboxylic acids is 1.